The van der Waals surface area contributed by atoms with E-state index in [2.05, 4.69) is 10.3 Å². The van der Waals surface area contributed by atoms with Gasteiger partial charge in [0, 0.05) is 0 Å². The Labute approximate surface area is 122 Å². The standard InChI is InChI=1S/C14H17N3O4/c1-9(2)20-12-6-4-5-11(14(12)17(18)19)15-8-13-16-7-10(3)21-13/h4-7,9,15H,8H2,1-3H3. The Bertz CT molecular complexity index is 637. The van der Waals surface area contributed by atoms with Crippen molar-refractivity contribution >= 4 is 11.4 Å². The van der Waals surface area contributed by atoms with E-state index in [0.717, 1.165) is 0 Å². The fraction of sp³-hybridized carbons (Fsp3) is 0.357. The molecule has 0 atom stereocenters. The molecule has 7 heteroatoms. The van der Waals surface area contributed by atoms with Crippen molar-refractivity contribution in [2.45, 2.75) is 33.4 Å². The van der Waals surface area contributed by atoms with Crippen LogP contribution in [0.5, 0.6) is 5.75 Å². The molecule has 2 aromatic rings. The average Bonchev–Trinajstić information content (AvgIpc) is 2.81. The number of benzene rings is 1. The van der Waals surface area contributed by atoms with Gasteiger partial charge in [0.25, 0.3) is 0 Å². The first-order valence-electron chi connectivity index (χ1n) is 6.56. The van der Waals surface area contributed by atoms with Crippen molar-refractivity contribution in [2.24, 2.45) is 0 Å². The Morgan fingerprint density at radius 1 is 1.48 bits per heavy atom. The summed E-state index contributed by atoms with van der Waals surface area (Å²) in [6.45, 7) is 5.69. The van der Waals surface area contributed by atoms with Crippen molar-refractivity contribution in [3.8, 4) is 5.75 Å². The van der Waals surface area contributed by atoms with Gasteiger partial charge in [0.15, 0.2) is 5.75 Å². The molecule has 1 heterocycles. The zero-order chi connectivity index (χ0) is 15.4. The molecular weight excluding hydrogens is 274 g/mol. The average molecular weight is 291 g/mol. The minimum Gasteiger partial charge on any atom is -0.484 e. The van der Waals surface area contributed by atoms with Gasteiger partial charge in [-0.15, -0.1) is 0 Å². The summed E-state index contributed by atoms with van der Waals surface area (Å²) in [5.74, 6) is 1.40. The Balaban J connectivity index is 2.23. The van der Waals surface area contributed by atoms with Gasteiger partial charge in [0.05, 0.1) is 23.8 Å². The number of nitro benzene ring substituents is 1. The zero-order valence-corrected chi connectivity index (χ0v) is 12.1. The molecule has 1 aromatic carbocycles. The van der Waals surface area contributed by atoms with Crippen LogP contribution >= 0.6 is 0 Å². The van der Waals surface area contributed by atoms with Crippen LogP contribution in [0.15, 0.2) is 28.8 Å². The Kier molecular flexibility index (Phi) is 4.42. The number of hydrogen-bond donors (Lipinski definition) is 1. The number of nitro groups is 1. The third-order valence-electron chi connectivity index (χ3n) is 2.64. The maximum atomic E-state index is 11.3. The summed E-state index contributed by atoms with van der Waals surface area (Å²) in [5, 5.41) is 14.2. The normalized spacial score (nSPS) is 10.7. The molecule has 0 radical (unpaired) electrons. The van der Waals surface area contributed by atoms with E-state index in [0.29, 0.717) is 17.3 Å². The molecule has 0 unspecified atom stereocenters. The molecule has 0 saturated carbocycles. The van der Waals surface area contributed by atoms with Crippen molar-refractivity contribution in [3.63, 3.8) is 0 Å². The first-order valence-corrected chi connectivity index (χ1v) is 6.56. The number of aromatic nitrogens is 1. The highest BCUT2D eigenvalue weighted by Crippen LogP contribution is 2.35. The van der Waals surface area contributed by atoms with Gasteiger partial charge in [-0.2, -0.15) is 0 Å². The summed E-state index contributed by atoms with van der Waals surface area (Å²) in [6, 6.07) is 4.91. The molecule has 0 bridgehead atoms. The van der Waals surface area contributed by atoms with Gasteiger partial charge < -0.3 is 14.5 Å². The van der Waals surface area contributed by atoms with Gasteiger partial charge in [-0.05, 0) is 32.9 Å². The van der Waals surface area contributed by atoms with E-state index in [1.54, 1.807) is 31.3 Å². The van der Waals surface area contributed by atoms with E-state index in [1.165, 1.54) is 0 Å². The first kappa shape index (κ1) is 14.8. The van der Waals surface area contributed by atoms with Crippen LogP contribution in [0.25, 0.3) is 0 Å². The fourth-order valence-corrected chi connectivity index (χ4v) is 1.86. The second kappa shape index (κ2) is 6.25. The second-order valence-corrected chi connectivity index (χ2v) is 4.79. The molecule has 0 saturated heterocycles. The summed E-state index contributed by atoms with van der Waals surface area (Å²) in [6.07, 6.45) is 1.46. The predicted molar refractivity (Wildman–Crippen MR) is 77.4 cm³/mol. The zero-order valence-electron chi connectivity index (χ0n) is 12.1. The van der Waals surface area contributed by atoms with Gasteiger partial charge >= 0.3 is 5.69 Å². The van der Waals surface area contributed by atoms with Crippen LogP contribution < -0.4 is 10.1 Å². The van der Waals surface area contributed by atoms with Gasteiger partial charge in [-0.3, -0.25) is 10.1 Å². The molecule has 112 valence electrons. The molecule has 7 nitrogen and oxygen atoms in total. The van der Waals surface area contributed by atoms with Crippen molar-refractivity contribution < 1.29 is 14.1 Å². The highest BCUT2D eigenvalue weighted by Gasteiger charge is 2.21. The van der Waals surface area contributed by atoms with Gasteiger partial charge in [0.2, 0.25) is 5.89 Å². The van der Waals surface area contributed by atoms with Crippen LogP contribution in [-0.4, -0.2) is 16.0 Å². The lowest BCUT2D eigenvalue weighted by atomic mass is 10.2. The molecule has 0 fully saturated rings. The Morgan fingerprint density at radius 2 is 2.24 bits per heavy atom. The number of oxazole rings is 1. The van der Waals surface area contributed by atoms with E-state index >= 15 is 0 Å². The van der Waals surface area contributed by atoms with E-state index in [4.69, 9.17) is 9.15 Å². The molecule has 0 amide bonds. The minimum absolute atomic E-state index is 0.0884. The van der Waals surface area contributed by atoms with Crippen LogP contribution in [0, 0.1) is 17.0 Å². The first-order chi connectivity index (χ1) is 9.97. The van der Waals surface area contributed by atoms with Crippen molar-refractivity contribution in [3.05, 3.63) is 46.2 Å². The maximum absolute atomic E-state index is 11.3. The maximum Gasteiger partial charge on any atom is 0.333 e. The highest BCUT2D eigenvalue weighted by atomic mass is 16.6. The number of hydrogen-bond acceptors (Lipinski definition) is 6. The summed E-state index contributed by atoms with van der Waals surface area (Å²) in [4.78, 5) is 14.9. The molecule has 1 N–H and O–H groups in total. The highest BCUT2D eigenvalue weighted by molar-refractivity contribution is 5.68. The number of nitrogens with one attached hydrogen (secondary N) is 1. The monoisotopic (exact) mass is 291 g/mol. The van der Waals surface area contributed by atoms with E-state index < -0.39 is 4.92 Å². The van der Waals surface area contributed by atoms with E-state index in [9.17, 15) is 10.1 Å². The number of rotatable bonds is 6. The van der Waals surface area contributed by atoms with Crippen molar-refractivity contribution in [2.75, 3.05) is 5.32 Å². The number of nitrogens with zero attached hydrogens (tertiary/aromatic N) is 2. The predicted octanol–water partition coefficient (Wildman–Crippen LogP) is 3.29. The molecule has 1 aromatic heterocycles. The van der Waals surface area contributed by atoms with Gasteiger partial charge in [-0.1, -0.05) is 6.07 Å². The summed E-state index contributed by atoms with van der Waals surface area (Å²) in [7, 11) is 0. The van der Waals surface area contributed by atoms with Gasteiger partial charge in [0.1, 0.15) is 11.4 Å². The van der Waals surface area contributed by atoms with Crippen molar-refractivity contribution in [1.29, 1.82) is 0 Å². The lowest BCUT2D eigenvalue weighted by molar-refractivity contribution is -0.385. The molecule has 21 heavy (non-hydrogen) atoms. The lowest BCUT2D eigenvalue weighted by Crippen LogP contribution is -2.09. The largest absolute Gasteiger partial charge is 0.484 e. The number of ether oxygens (including phenoxy) is 1. The van der Waals surface area contributed by atoms with Gasteiger partial charge in [-0.25, -0.2) is 4.98 Å². The Hall–Kier alpha value is -2.57. The Morgan fingerprint density at radius 3 is 2.81 bits per heavy atom. The summed E-state index contributed by atoms with van der Waals surface area (Å²) in [5.41, 5.74) is 0.281. The smallest absolute Gasteiger partial charge is 0.333 e. The van der Waals surface area contributed by atoms with Crippen LogP contribution in [-0.2, 0) is 6.54 Å². The molecular formula is C14H17N3O4. The SMILES string of the molecule is Cc1cnc(CNc2cccc(OC(C)C)c2[N+](=O)[O-])o1. The van der Waals surface area contributed by atoms with Crippen LogP contribution in [0.3, 0.4) is 0 Å². The number of aryl methyl sites for hydroxylation is 1. The summed E-state index contributed by atoms with van der Waals surface area (Å²) < 4.78 is 10.8. The minimum atomic E-state index is -0.457. The molecule has 0 aliphatic heterocycles. The molecule has 0 spiro atoms. The molecule has 2 rings (SSSR count). The lowest BCUT2D eigenvalue weighted by Gasteiger charge is -2.12. The molecule has 0 aliphatic carbocycles. The fourth-order valence-electron chi connectivity index (χ4n) is 1.86. The third-order valence-corrected chi connectivity index (χ3v) is 2.64. The third kappa shape index (κ3) is 3.71. The molecule has 0 aliphatic rings. The van der Waals surface area contributed by atoms with Crippen LogP contribution in [0.1, 0.15) is 25.5 Å². The topological polar surface area (TPSA) is 90.4 Å². The second-order valence-electron chi connectivity index (χ2n) is 4.79. The van der Waals surface area contributed by atoms with Crippen molar-refractivity contribution in [1.82, 2.24) is 4.98 Å². The quantitative estimate of drug-likeness (QED) is 0.648. The number of para-hydroxylation sites is 1. The van der Waals surface area contributed by atoms with Crippen LogP contribution in [0.2, 0.25) is 0 Å². The van der Waals surface area contributed by atoms with E-state index in [1.807, 2.05) is 13.8 Å². The van der Waals surface area contributed by atoms with Crippen LogP contribution in [0.4, 0.5) is 11.4 Å². The number of anilines is 1. The summed E-state index contributed by atoms with van der Waals surface area (Å²) >= 11 is 0. The van der Waals surface area contributed by atoms with E-state index in [-0.39, 0.29) is 24.1 Å².